The van der Waals surface area contributed by atoms with Gasteiger partial charge in [-0.15, -0.1) is 0 Å². The quantitative estimate of drug-likeness (QED) is 0.731. The van der Waals surface area contributed by atoms with E-state index in [2.05, 4.69) is 4.98 Å². The molecule has 15 heavy (non-hydrogen) atoms. The van der Waals surface area contributed by atoms with Crippen molar-refractivity contribution in [3.63, 3.8) is 0 Å². The van der Waals surface area contributed by atoms with Crippen LogP contribution >= 0.6 is 0 Å². The molecule has 1 unspecified atom stereocenters. The second-order valence-corrected chi connectivity index (χ2v) is 4.75. The summed E-state index contributed by atoms with van der Waals surface area (Å²) in [5, 5.41) is 7.63. The molecule has 1 aromatic heterocycles. The fraction of sp³-hybridized carbons (Fsp3) is 0.444. The van der Waals surface area contributed by atoms with Crippen molar-refractivity contribution in [1.82, 2.24) is 4.98 Å². The molecule has 84 valence electrons. The standard InChI is InChI=1S/C9H13NO4S/c11-6-2-4-9(15(12,13)14)8-3-1-5-10-7-8/h1,3,5,7,9,11H,2,4,6H2,(H,12,13,14). The Hall–Kier alpha value is -0.980. The van der Waals surface area contributed by atoms with Gasteiger partial charge < -0.3 is 5.11 Å². The van der Waals surface area contributed by atoms with E-state index in [0.29, 0.717) is 12.0 Å². The molecular weight excluding hydrogens is 218 g/mol. The van der Waals surface area contributed by atoms with Crippen LogP contribution in [0.25, 0.3) is 0 Å². The topological polar surface area (TPSA) is 87.5 Å². The first-order valence-corrected chi connectivity index (χ1v) is 6.03. The number of hydrogen-bond acceptors (Lipinski definition) is 4. The number of nitrogens with zero attached hydrogens (tertiary/aromatic N) is 1. The summed E-state index contributed by atoms with van der Waals surface area (Å²) < 4.78 is 31.2. The van der Waals surface area contributed by atoms with Gasteiger partial charge in [-0.25, -0.2) is 0 Å². The van der Waals surface area contributed by atoms with Crippen molar-refractivity contribution in [2.45, 2.75) is 18.1 Å². The molecule has 0 amide bonds. The second kappa shape index (κ2) is 5.20. The van der Waals surface area contributed by atoms with Gasteiger partial charge in [0.2, 0.25) is 0 Å². The van der Waals surface area contributed by atoms with Gasteiger partial charge in [0.25, 0.3) is 10.1 Å². The fourth-order valence-electron chi connectivity index (χ4n) is 1.33. The lowest BCUT2D eigenvalue weighted by Gasteiger charge is -2.12. The van der Waals surface area contributed by atoms with Crippen molar-refractivity contribution in [1.29, 1.82) is 0 Å². The zero-order valence-electron chi connectivity index (χ0n) is 8.07. The number of aromatic nitrogens is 1. The maximum Gasteiger partial charge on any atom is 0.272 e. The van der Waals surface area contributed by atoms with E-state index in [-0.39, 0.29) is 13.0 Å². The van der Waals surface area contributed by atoms with E-state index in [1.54, 1.807) is 12.1 Å². The van der Waals surface area contributed by atoms with E-state index in [1.165, 1.54) is 12.4 Å². The average molecular weight is 231 g/mol. The fourth-order valence-corrected chi connectivity index (χ4v) is 2.28. The molecule has 0 spiro atoms. The second-order valence-electron chi connectivity index (χ2n) is 3.16. The molecular formula is C9H13NO4S. The number of hydrogen-bond donors (Lipinski definition) is 2. The highest BCUT2D eigenvalue weighted by Crippen LogP contribution is 2.25. The lowest BCUT2D eigenvalue weighted by atomic mass is 10.1. The Labute approximate surface area is 88.5 Å². The third kappa shape index (κ3) is 3.58. The van der Waals surface area contributed by atoms with Gasteiger partial charge in [0, 0.05) is 19.0 Å². The van der Waals surface area contributed by atoms with E-state index < -0.39 is 15.4 Å². The highest BCUT2D eigenvalue weighted by Gasteiger charge is 2.24. The smallest absolute Gasteiger partial charge is 0.272 e. The Balaban J connectivity index is 2.92. The van der Waals surface area contributed by atoms with Crippen LogP contribution in [0.4, 0.5) is 0 Å². The van der Waals surface area contributed by atoms with Gasteiger partial charge in [0.05, 0.1) is 0 Å². The van der Waals surface area contributed by atoms with E-state index >= 15 is 0 Å². The SMILES string of the molecule is O=S(=O)(O)C(CCCO)c1cccnc1. The minimum atomic E-state index is -4.14. The van der Waals surface area contributed by atoms with Crippen LogP contribution in [0.15, 0.2) is 24.5 Å². The van der Waals surface area contributed by atoms with Crippen LogP contribution in [-0.4, -0.2) is 29.7 Å². The Kier molecular flexibility index (Phi) is 4.19. The summed E-state index contributed by atoms with van der Waals surface area (Å²) in [6, 6.07) is 3.19. The van der Waals surface area contributed by atoms with E-state index in [4.69, 9.17) is 9.66 Å². The van der Waals surface area contributed by atoms with Gasteiger partial charge >= 0.3 is 0 Å². The normalized spacial score (nSPS) is 13.7. The van der Waals surface area contributed by atoms with Crippen LogP contribution in [0.5, 0.6) is 0 Å². The summed E-state index contributed by atoms with van der Waals surface area (Å²) in [6.07, 6.45) is 3.42. The third-order valence-electron chi connectivity index (χ3n) is 2.04. The molecule has 0 aliphatic rings. The zero-order chi connectivity index (χ0) is 11.3. The predicted molar refractivity (Wildman–Crippen MR) is 54.8 cm³/mol. The summed E-state index contributed by atoms with van der Waals surface area (Å²) in [6.45, 7) is -0.105. The lowest BCUT2D eigenvalue weighted by Crippen LogP contribution is -2.13. The van der Waals surface area contributed by atoms with Gasteiger partial charge in [-0.2, -0.15) is 8.42 Å². The summed E-state index contributed by atoms with van der Waals surface area (Å²) in [5.74, 6) is 0. The first kappa shape index (κ1) is 12.1. The van der Waals surface area contributed by atoms with Gasteiger partial charge in [0.15, 0.2) is 0 Å². The Morgan fingerprint density at radius 1 is 1.47 bits per heavy atom. The van der Waals surface area contributed by atoms with Gasteiger partial charge in [0.1, 0.15) is 5.25 Å². The summed E-state index contributed by atoms with van der Waals surface area (Å²) in [5.41, 5.74) is 0.438. The Bertz CT molecular complexity index is 390. The maximum absolute atomic E-state index is 11.1. The average Bonchev–Trinajstić information content (AvgIpc) is 2.18. The molecule has 0 saturated heterocycles. The van der Waals surface area contributed by atoms with E-state index in [0.717, 1.165) is 0 Å². The minimum Gasteiger partial charge on any atom is -0.396 e. The molecule has 6 heteroatoms. The Morgan fingerprint density at radius 3 is 2.67 bits per heavy atom. The van der Waals surface area contributed by atoms with Crippen LogP contribution in [0.1, 0.15) is 23.7 Å². The predicted octanol–water partition coefficient (Wildman–Crippen LogP) is 0.783. The van der Waals surface area contributed by atoms with E-state index in [1.807, 2.05) is 0 Å². The molecule has 1 rings (SSSR count). The first-order chi connectivity index (χ1) is 7.05. The minimum absolute atomic E-state index is 0.105. The monoisotopic (exact) mass is 231 g/mol. The summed E-state index contributed by atoms with van der Waals surface area (Å²) >= 11 is 0. The summed E-state index contributed by atoms with van der Waals surface area (Å²) in [4.78, 5) is 3.79. The molecule has 2 N–H and O–H groups in total. The molecule has 5 nitrogen and oxygen atoms in total. The van der Waals surface area contributed by atoms with Crippen molar-refractivity contribution < 1.29 is 18.1 Å². The molecule has 1 heterocycles. The molecule has 0 bridgehead atoms. The molecule has 0 radical (unpaired) electrons. The van der Waals surface area contributed by atoms with Crippen LogP contribution in [0.2, 0.25) is 0 Å². The van der Waals surface area contributed by atoms with Crippen molar-refractivity contribution in [3.8, 4) is 0 Å². The summed E-state index contributed by atoms with van der Waals surface area (Å²) in [7, 11) is -4.14. The molecule has 1 aromatic rings. The van der Waals surface area contributed by atoms with Crippen LogP contribution in [0.3, 0.4) is 0 Å². The number of aliphatic hydroxyl groups is 1. The van der Waals surface area contributed by atoms with Crippen LogP contribution in [-0.2, 0) is 10.1 Å². The molecule has 0 saturated carbocycles. The van der Waals surface area contributed by atoms with Gasteiger partial charge in [-0.05, 0) is 24.5 Å². The number of aliphatic hydroxyl groups excluding tert-OH is 1. The lowest BCUT2D eigenvalue weighted by molar-refractivity contribution is 0.283. The van der Waals surface area contributed by atoms with Crippen LogP contribution in [0, 0.1) is 0 Å². The third-order valence-corrected chi connectivity index (χ3v) is 3.27. The van der Waals surface area contributed by atoms with Crippen molar-refractivity contribution in [2.24, 2.45) is 0 Å². The first-order valence-electron chi connectivity index (χ1n) is 4.53. The molecule has 0 aromatic carbocycles. The highest BCUT2D eigenvalue weighted by molar-refractivity contribution is 7.86. The number of rotatable bonds is 5. The van der Waals surface area contributed by atoms with Crippen molar-refractivity contribution in [3.05, 3.63) is 30.1 Å². The van der Waals surface area contributed by atoms with Gasteiger partial charge in [-0.1, -0.05) is 6.07 Å². The highest BCUT2D eigenvalue weighted by atomic mass is 32.2. The number of pyridine rings is 1. The van der Waals surface area contributed by atoms with Crippen molar-refractivity contribution >= 4 is 10.1 Å². The largest absolute Gasteiger partial charge is 0.396 e. The molecule has 0 aliphatic carbocycles. The molecule has 0 fully saturated rings. The molecule has 0 aliphatic heterocycles. The maximum atomic E-state index is 11.1. The zero-order valence-corrected chi connectivity index (χ0v) is 8.89. The van der Waals surface area contributed by atoms with Gasteiger partial charge in [-0.3, -0.25) is 9.54 Å². The Morgan fingerprint density at radius 2 is 2.20 bits per heavy atom. The van der Waals surface area contributed by atoms with Crippen LogP contribution < -0.4 is 0 Å². The van der Waals surface area contributed by atoms with Crippen molar-refractivity contribution in [2.75, 3.05) is 6.61 Å². The molecule has 1 atom stereocenters. The van der Waals surface area contributed by atoms with E-state index in [9.17, 15) is 8.42 Å².